The summed E-state index contributed by atoms with van der Waals surface area (Å²) in [5, 5.41) is 2.97. The maximum Gasteiger partial charge on any atom is 0.234 e. The van der Waals surface area contributed by atoms with Crippen molar-refractivity contribution in [2.24, 2.45) is 0 Å². The van der Waals surface area contributed by atoms with E-state index in [1.807, 2.05) is 13.0 Å². The predicted octanol–water partition coefficient (Wildman–Crippen LogP) is 1.80. The molecule has 0 unspecified atom stereocenters. The molecule has 1 aromatic carbocycles. The van der Waals surface area contributed by atoms with Crippen molar-refractivity contribution in [2.45, 2.75) is 6.92 Å². The number of rotatable bonds is 6. The van der Waals surface area contributed by atoms with Crippen molar-refractivity contribution in [3.63, 3.8) is 0 Å². The first kappa shape index (κ1) is 13.5. The highest BCUT2D eigenvalue weighted by atomic mass is 79.9. The van der Waals surface area contributed by atoms with Gasteiger partial charge in [-0.1, -0.05) is 19.1 Å². The summed E-state index contributed by atoms with van der Waals surface area (Å²) in [7, 11) is -3.27. The summed E-state index contributed by atoms with van der Waals surface area (Å²) in [6.45, 7) is 3.16. The Hall–Kier alpha value is -0.590. The van der Waals surface area contributed by atoms with Crippen LogP contribution in [0.5, 0.6) is 0 Å². The molecule has 0 aliphatic heterocycles. The molecule has 2 N–H and O–H groups in total. The maximum atomic E-state index is 11.7. The molecular weight excluding hydrogens is 292 g/mol. The van der Waals surface area contributed by atoms with Crippen LogP contribution < -0.4 is 10.0 Å². The van der Waals surface area contributed by atoms with Crippen LogP contribution in [0.1, 0.15) is 6.92 Å². The molecule has 0 fully saturated rings. The van der Waals surface area contributed by atoms with Crippen LogP contribution in [-0.2, 0) is 10.0 Å². The fourth-order valence-corrected chi connectivity index (χ4v) is 2.69. The number of hydrogen-bond donors (Lipinski definition) is 2. The highest BCUT2D eigenvalue weighted by molar-refractivity contribution is 9.10. The van der Waals surface area contributed by atoms with Gasteiger partial charge >= 0.3 is 0 Å². The average molecular weight is 307 g/mol. The third-order valence-electron chi connectivity index (χ3n) is 1.94. The van der Waals surface area contributed by atoms with Crippen LogP contribution in [0.15, 0.2) is 28.7 Å². The van der Waals surface area contributed by atoms with E-state index in [1.54, 1.807) is 18.2 Å². The second kappa shape index (κ2) is 6.22. The molecule has 0 aliphatic rings. The Bertz CT molecular complexity index is 434. The number of para-hydroxylation sites is 1. The standard InChI is InChI=1S/C10H15BrN2O2S/c1-2-12-7-8-16(14,15)13-10-6-4-3-5-9(10)11/h3-6,12-13H,2,7-8H2,1H3. The SMILES string of the molecule is CCNCCS(=O)(=O)Nc1ccccc1Br. The van der Waals surface area contributed by atoms with Crippen LogP contribution >= 0.6 is 15.9 Å². The van der Waals surface area contributed by atoms with Crippen molar-refractivity contribution in [1.82, 2.24) is 5.32 Å². The van der Waals surface area contributed by atoms with Gasteiger partial charge in [-0.05, 0) is 34.6 Å². The van der Waals surface area contributed by atoms with Gasteiger partial charge < -0.3 is 5.32 Å². The average Bonchev–Trinajstić information content (AvgIpc) is 2.21. The van der Waals surface area contributed by atoms with Crippen LogP contribution in [0.4, 0.5) is 5.69 Å². The van der Waals surface area contributed by atoms with Crippen molar-refractivity contribution >= 4 is 31.6 Å². The van der Waals surface area contributed by atoms with E-state index < -0.39 is 10.0 Å². The van der Waals surface area contributed by atoms with E-state index in [4.69, 9.17) is 0 Å². The van der Waals surface area contributed by atoms with Gasteiger partial charge in [0, 0.05) is 11.0 Å². The predicted molar refractivity (Wildman–Crippen MR) is 70.1 cm³/mol. The lowest BCUT2D eigenvalue weighted by atomic mass is 10.3. The summed E-state index contributed by atoms with van der Waals surface area (Å²) in [6.07, 6.45) is 0. The lowest BCUT2D eigenvalue weighted by Gasteiger charge is -2.09. The van der Waals surface area contributed by atoms with Crippen LogP contribution in [0, 0.1) is 0 Å². The second-order valence-electron chi connectivity index (χ2n) is 3.25. The van der Waals surface area contributed by atoms with Gasteiger partial charge in [-0.3, -0.25) is 4.72 Å². The highest BCUT2D eigenvalue weighted by Gasteiger charge is 2.10. The summed E-state index contributed by atoms with van der Waals surface area (Å²) < 4.78 is 26.6. The molecule has 6 heteroatoms. The lowest BCUT2D eigenvalue weighted by Crippen LogP contribution is -2.26. The van der Waals surface area contributed by atoms with Crippen molar-refractivity contribution < 1.29 is 8.42 Å². The maximum absolute atomic E-state index is 11.7. The van der Waals surface area contributed by atoms with Crippen LogP contribution in [0.2, 0.25) is 0 Å². The zero-order valence-electron chi connectivity index (χ0n) is 9.03. The van der Waals surface area contributed by atoms with Crippen LogP contribution in [-0.4, -0.2) is 27.3 Å². The van der Waals surface area contributed by atoms with Crippen molar-refractivity contribution in [1.29, 1.82) is 0 Å². The zero-order chi connectivity index (χ0) is 12.0. The number of nitrogens with one attached hydrogen (secondary N) is 2. The number of sulfonamides is 1. The highest BCUT2D eigenvalue weighted by Crippen LogP contribution is 2.22. The van der Waals surface area contributed by atoms with Crippen molar-refractivity contribution in [3.05, 3.63) is 28.7 Å². The van der Waals surface area contributed by atoms with Gasteiger partial charge in [-0.2, -0.15) is 0 Å². The Balaban J connectivity index is 2.63. The first-order chi connectivity index (χ1) is 7.55. The molecule has 0 aromatic heterocycles. The molecule has 0 heterocycles. The van der Waals surface area contributed by atoms with Crippen molar-refractivity contribution in [3.8, 4) is 0 Å². The van der Waals surface area contributed by atoms with E-state index in [9.17, 15) is 8.42 Å². The molecule has 0 amide bonds. The van der Waals surface area contributed by atoms with Gasteiger partial charge in [0.05, 0.1) is 11.4 Å². The van der Waals surface area contributed by atoms with Gasteiger partial charge in [0.15, 0.2) is 0 Å². The second-order valence-corrected chi connectivity index (χ2v) is 5.95. The fraction of sp³-hybridized carbons (Fsp3) is 0.400. The Labute approximate surface area is 105 Å². The molecule has 1 rings (SSSR count). The third kappa shape index (κ3) is 4.51. The van der Waals surface area contributed by atoms with E-state index >= 15 is 0 Å². The molecule has 0 atom stereocenters. The summed E-state index contributed by atoms with van der Waals surface area (Å²) in [5.74, 6) is 0.0716. The van der Waals surface area contributed by atoms with Gasteiger partial charge in [-0.25, -0.2) is 8.42 Å². The molecule has 0 bridgehead atoms. The molecule has 4 nitrogen and oxygen atoms in total. The number of halogens is 1. The fourth-order valence-electron chi connectivity index (χ4n) is 1.15. The van der Waals surface area contributed by atoms with Crippen LogP contribution in [0.3, 0.4) is 0 Å². The molecule has 16 heavy (non-hydrogen) atoms. The Morgan fingerprint density at radius 2 is 2.00 bits per heavy atom. The first-order valence-electron chi connectivity index (χ1n) is 5.01. The summed E-state index contributed by atoms with van der Waals surface area (Å²) in [5.41, 5.74) is 0.569. The Morgan fingerprint density at radius 1 is 1.31 bits per heavy atom. The Kier molecular flexibility index (Phi) is 5.24. The molecule has 0 saturated heterocycles. The molecule has 0 radical (unpaired) electrons. The minimum atomic E-state index is -3.27. The first-order valence-corrected chi connectivity index (χ1v) is 7.45. The number of anilines is 1. The quantitative estimate of drug-likeness (QED) is 0.788. The molecular formula is C10H15BrN2O2S. The normalized spacial score (nSPS) is 11.4. The minimum absolute atomic E-state index is 0.0716. The van der Waals surface area contributed by atoms with Gasteiger partial charge in [0.1, 0.15) is 0 Å². The summed E-state index contributed by atoms with van der Waals surface area (Å²) >= 11 is 3.29. The molecule has 0 saturated carbocycles. The number of benzene rings is 1. The lowest BCUT2D eigenvalue weighted by molar-refractivity contribution is 0.597. The van der Waals surface area contributed by atoms with Gasteiger partial charge in [-0.15, -0.1) is 0 Å². The van der Waals surface area contributed by atoms with E-state index in [2.05, 4.69) is 26.0 Å². The molecule has 90 valence electrons. The Morgan fingerprint density at radius 3 is 2.62 bits per heavy atom. The molecule has 0 aliphatic carbocycles. The smallest absolute Gasteiger partial charge is 0.234 e. The summed E-state index contributed by atoms with van der Waals surface area (Å²) in [6, 6.07) is 7.13. The van der Waals surface area contributed by atoms with E-state index in [-0.39, 0.29) is 5.75 Å². The van der Waals surface area contributed by atoms with Gasteiger partial charge in [0.25, 0.3) is 0 Å². The number of hydrogen-bond acceptors (Lipinski definition) is 3. The summed E-state index contributed by atoms with van der Waals surface area (Å²) in [4.78, 5) is 0. The molecule has 1 aromatic rings. The third-order valence-corrected chi connectivity index (χ3v) is 3.90. The van der Waals surface area contributed by atoms with Crippen LogP contribution in [0.25, 0.3) is 0 Å². The molecule has 0 spiro atoms. The van der Waals surface area contributed by atoms with E-state index in [0.29, 0.717) is 12.2 Å². The zero-order valence-corrected chi connectivity index (χ0v) is 11.4. The van der Waals surface area contributed by atoms with E-state index in [0.717, 1.165) is 11.0 Å². The van der Waals surface area contributed by atoms with Gasteiger partial charge in [0.2, 0.25) is 10.0 Å². The van der Waals surface area contributed by atoms with Crippen molar-refractivity contribution in [2.75, 3.05) is 23.6 Å². The largest absolute Gasteiger partial charge is 0.316 e. The monoisotopic (exact) mass is 306 g/mol. The van der Waals surface area contributed by atoms with E-state index in [1.165, 1.54) is 0 Å². The minimum Gasteiger partial charge on any atom is -0.316 e. The topological polar surface area (TPSA) is 58.2 Å².